The zero-order chi connectivity index (χ0) is 19.4. The summed E-state index contributed by atoms with van der Waals surface area (Å²) < 4.78 is 5.26. The number of furan rings is 1. The van der Waals surface area contributed by atoms with Crippen LogP contribution in [-0.2, 0) is 15.1 Å². The fourth-order valence-electron chi connectivity index (χ4n) is 3.42. The van der Waals surface area contributed by atoms with E-state index in [1.54, 1.807) is 19.1 Å². The lowest BCUT2D eigenvalue weighted by atomic mass is 9.85. The van der Waals surface area contributed by atoms with Gasteiger partial charge in [-0.15, -0.1) is 0 Å². The van der Waals surface area contributed by atoms with Gasteiger partial charge in [-0.3, -0.25) is 14.5 Å². The number of hydrogen-bond acceptors (Lipinski definition) is 4. The summed E-state index contributed by atoms with van der Waals surface area (Å²) in [6, 6.07) is 11.7. The van der Waals surface area contributed by atoms with Crippen LogP contribution in [0.1, 0.15) is 44.1 Å². The third-order valence-electron chi connectivity index (χ3n) is 4.72. The lowest BCUT2D eigenvalue weighted by molar-refractivity contribution is -0.135. The van der Waals surface area contributed by atoms with Crippen LogP contribution in [0.15, 0.2) is 53.1 Å². The highest BCUT2D eigenvalue weighted by molar-refractivity contribution is 6.09. The van der Waals surface area contributed by atoms with Crippen molar-refractivity contribution in [2.45, 2.75) is 38.3 Å². The molecule has 1 fully saturated rings. The van der Waals surface area contributed by atoms with Gasteiger partial charge in [0.15, 0.2) is 0 Å². The second-order valence-corrected chi connectivity index (χ2v) is 6.65. The molecule has 1 aliphatic heterocycles. The summed E-state index contributed by atoms with van der Waals surface area (Å²) in [4.78, 5) is 39.0. The molecule has 3 rings (SSSR count). The summed E-state index contributed by atoms with van der Waals surface area (Å²) in [5.74, 6) is -0.228. The Balaban J connectivity index is 1.76. The Morgan fingerprint density at radius 1 is 1.22 bits per heavy atom. The minimum atomic E-state index is -1.12. The largest absolute Gasteiger partial charge is 0.467 e. The molecule has 7 nitrogen and oxygen atoms in total. The molecule has 0 unspecified atom stereocenters. The Morgan fingerprint density at radius 3 is 2.59 bits per heavy atom. The van der Waals surface area contributed by atoms with Gasteiger partial charge in [-0.2, -0.15) is 0 Å². The molecule has 27 heavy (non-hydrogen) atoms. The first-order valence-corrected chi connectivity index (χ1v) is 9.00. The number of urea groups is 1. The average Bonchev–Trinajstić information content (AvgIpc) is 3.27. The first kappa shape index (κ1) is 18.7. The van der Waals surface area contributed by atoms with Gasteiger partial charge in [0.1, 0.15) is 17.8 Å². The molecule has 2 atom stereocenters. The Morgan fingerprint density at radius 2 is 1.96 bits per heavy atom. The average molecular weight is 369 g/mol. The van der Waals surface area contributed by atoms with Crippen LogP contribution < -0.4 is 10.6 Å². The van der Waals surface area contributed by atoms with Crippen LogP contribution in [0, 0.1) is 0 Å². The maximum absolute atomic E-state index is 13.1. The highest BCUT2D eigenvalue weighted by atomic mass is 16.3. The van der Waals surface area contributed by atoms with Gasteiger partial charge in [0.25, 0.3) is 5.91 Å². The quantitative estimate of drug-likeness (QED) is 0.734. The monoisotopic (exact) mass is 369 g/mol. The lowest BCUT2D eigenvalue weighted by Crippen LogP contribution is -2.45. The molecule has 0 spiro atoms. The molecule has 0 radical (unpaired) electrons. The van der Waals surface area contributed by atoms with Crippen LogP contribution in [0.25, 0.3) is 0 Å². The van der Waals surface area contributed by atoms with Crippen LogP contribution >= 0.6 is 0 Å². The molecule has 1 saturated heterocycles. The van der Waals surface area contributed by atoms with Crippen molar-refractivity contribution >= 4 is 17.8 Å². The van der Waals surface area contributed by atoms with E-state index in [1.807, 2.05) is 37.3 Å². The van der Waals surface area contributed by atoms with E-state index in [-0.39, 0.29) is 12.6 Å². The maximum Gasteiger partial charge on any atom is 0.325 e. The van der Waals surface area contributed by atoms with Crippen molar-refractivity contribution in [1.29, 1.82) is 0 Å². The number of amides is 4. The first-order valence-electron chi connectivity index (χ1n) is 9.00. The Labute approximate surface area is 157 Å². The Bertz CT molecular complexity index is 819. The van der Waals surface area contributed by atoms with Crippen molar-refractivity contribution in [3.8, 4) is 0 Å². The van der Waals surface area contributed by atoms with E-state index >= 15 is 0 Å². The van der Waals surface area contributed by atoms with Crippen LogP contribution in [0.3, 0.4) is 0 Å². The summed E-state index contributed by atoms with van der Waals surface area (Å²) in [5, 5.41) is 5.55. The van der Waals surface area contributed by atoms with Crippen molar-refractivity contribution in [3.05, 3.63) is 60.1 Å². The lowest BCUT2D eigenvalue weighted by Gasteiger charge is -2.27. The maximum atomic E-state index is 13.1. The minimum Gasteiger partial charge on any atom is -0.467 e. The predicted octanol–water partition coefficient (Wildman–Crippen LogP) is 2.70. The Hall–Kier alpha value is -3.09. The summed E-state index contributed by atoms with van der Waals surface area (Å²) in [7, 11) is 0. The molecule has 142 valence electrons. The first-order chi connectivity index (χ1) is 13.0. The fraction of sp³-hybridized carbons (Fsp3) is 0.350. The molecule has 0 aliphatic carbocycles. The van der Waals surface area contributed by atoms with Crippen molar-refractivity contribution in [2.75, 3.05) is 6.54 Å². The zero-order valence-electron chi connectivity index (χ0n) is 15.4. The number of hydrogen-bond donors (Lipinski definition) is 2. The molecule has 4 amide bonds. The third kappa shape index (κ3) is 3.58. The molecule has 1 aliphatic rings. The predicted molar refractivity (Wildman–Crippen MR) is 98.5 cm³/mol. The summed E-state index contributed by atoms with van der Waals surface area (Å²) in [6.07, 6.45) is 2.69. The number of nitrogens with one attached hydrogen (secondary N) is 2. The van der Waals surface area contributed by atoms with Gasteiger partial charge in [-0.05, 0) is 31.0 Å². The number of imide groups is 1. The van der Waals surface area contributed by atoms with E-state index < -0.39 is 23.4 Å². The topological polar surface area (TPSA) is 91.7 Å². The molecule has 2 aromatic rings. The van der Waals surface area contributed by atoms with E-state index in [4.69, 9.17) is 4.42 Å². The molecule has 2 heterocycles. The highest BCUT2D eigenvalue weighted by Crippen LogP contribution is 2.33. The molecule has 7 heteroatoms. The molecule has 0 saturated carbocycles. The van der Waals surface area contributed by atoms with Gasteiger partial charge in [0.05, 0.1) is 12.3 Å². The molecule has 1 aromatic heterocycles. The van der Waals surface area contributed by atoms with E-state index in [9.17, 15) is 14.4 Å². The number of benzene rings is 1. The fourth-order valence-corrected chi connectivity index (χ4v) is 3.42. The van der Waals surface area contributed by atoms with Gasteiger partial charge < -0.3 is 15.1 Å². The van der Waals surface area contributed by atoms with E-state index in [0.29, 0.717) is 18.6 Å². The molecule has 0 bridgehead atoms. The Kier molecular flexibility index (Phi) is 5.30. The molecular weight excluding hydrogens is 346 g/mol. The van der Waals surface area contributed by atoms with Gasteiger partial charge in [0, 0.05) is 0 Å². The molecule has 1 aromatic carbocycles. The second-order valence-electron chi connectivity index (χ2n) is 6.65. The smallest absolute Gasteiger partial charge is 0.325 e. The van der Waals surface area contributed by atoms with Gasteiger partial charge in [-0.1, -0.05) is 43.7 Å². The normalized spacial score (nSPS) is 20.4. The van der Waals surface area contributed by atoms with Crippen molar-refractivity contribution < 1.29 is 18.8 Å². The number of nitrogens with zero attached hydrogens (tertiary/aromatic N) is 1. The minimum absolute atomic E-state index is 0.339. The van der Waals surface area contributed by atoms with E-state index in [1.165, 1.54) is 6.26 Å². The van der Waals surface area contributed by atoms with Crippen LogP contribution in [0.4, 0.5) is 4.79 Å². The number of carbonyl (C=O) groups excluding carboxylic acids is 3. The second kappa shape index (κ2) is 7.65. The van der Waals surface area contributed by atoms with Crippen LogP contribution in [0.2, 0.25) is 0 Å². The van der Waals surface area contributed by atoms with Crippen molar-refractivity contribution in [2.24, 2.45) is 0 Å². The summed E-state index contributed by atoms with van der Waals surface area (Å²) in [6.45, 7) is 3.38. The standard InChI is InChI=1S/C20H23N3O4/c1-3-11-20(15-8-5-4-6-9-15)18(25)23(19(26)22-20)13-17(24)21-14(2)16-10-7-12-27-16/h4-10,12,14H,3,11,13H2,1-2H3,(H,21,24)(H,22,26)/t14-,20+/m0/s1. The molecular formula is C20H23N3O4. The van der Waals surface area contributed by atoms with Crippen LogP contribution in [0.5, 0.6) is 0 Å². The summed E-state index contributed by atoms with van der Waals surface area (Å²) >= 11 is 0. The van der Waals surface area contributed by atoms with Gasteiger partial charge in [0.2, 0.25) is 5.91 Å². The van der Waals surface area contributed by atoms with Gasteiger partial charge in [-0.25, -0.2) is 4.79 Å². The van der Waals surface area contributed by atoms with E-state index in [0.717, 1.165) is 10.5 Å². The number of carbonyl (C=O) groups is 3. The van der Waals surface area contributed by atoms with Crippen molar-refractivity contribution in [1.82, 2.24) is 15.5 Å². The number of rotatable bonds is 7. The zero-order valence-corrected chi connectivity index (χ0v) is 15.4. The summed E-state index contributed by atoms with van der Waals surface area (Å²) in [5.41, 5.74) is -0.405. The highest BCUT2D eigenvalue weighted by Gasteiger charge is 2.52. The van der Waals surface area contributed by atoms with E-state index in [2.05, 4.69) is 10.6 Å². The third-order valence-corrected chi connectivity index (χ3v) is 4.72. The van der Waals surface area contributed by atoms with Crippen LogP contribution in [-0.4, -0.2) is 29.3 Å². The van der Waals surface area contributed by atoms with Crippen molar-refractivity contribution in [3.63, 3.8) is 0 Å². The van der Waals surface area contributed by atoms with Gasteiger partial charge >= 0.3 is 6.03 Å². The SMILES string of the molecule is CCC[C@]1(c2ccccc2)NC(=O)N(CC(=O)N[C@@H](C)c2ccco2)C1=O. The molecule has 2 N–H and O–H groups in total.